The molecule has 3 aromatic rings. The van der Waals surface area contributed by atoms with Gasteiger partial charge in [0.2, 0.25) is 23.6 Å². The van der Waals surface area contributed by atoms with Crippen molar-refractivity contribution in [2.45, 2.75) is 143 Å². The van der Waals surface area contributed by atoms with Crippen molar-refractivity contribution in [3.05, 3.63) is 102 Å². The topological polar surface area (TPSA) is 201 Å². The minimum atomic E-state index is -1.31. The number of amides is 5. The quantitative estimate of drug-likeness (QED) is 0.0755. The van der Waals surface area contributed by atoms with E-state index < -0.39 is 77.1 Å². The molecular weight excluding hydrogens is 791 g/mol. The summed E-state index contributed by atoms with van der Waals surface area (Å²) in [4.78, 5) is 81.6. The molecule has 0 spiro atoms. The molecule has 62 heavy (non-hydrogen) atoms. The van der Waals surface area contributed by atoms with Crippen molar-refractivity contribution < 1.29 is 43.3 Å². The van der Waals surface area contributed by atoms with E-state index in [-0.39, 0.29) is 43.9 Å². The summed E-state index contributed by atoms with van der Waals surface area (Å²) in [7, 11) is 0. The van der Waals surface area contributed by atoms with Crippen molar-refractivity contribution >= 4 is 35.7 Å². The van der Waals surface area contributed by atoms with Gasteiger partial charge in [0.1, 0.15) is 47.2 Å². The summed E-state index contributed by atoms with van der Waals surface area (Å²) in [5, 5.41) is 23.8. The Hall–Kier alpha value is -5.92. The minimum Gasteiger partial charge on any atom is -0.488 e. The SMILES string of the molecule is CC(C)C[C@@H](NC(=O)[C@H](Cc1ccccc1)NC(=O)[C@@H](CC(C)C)NC(=O)[C@H](Cc1ccccc1)NC(=O)OC(C)(C)C)C(=O)N[C@@H](Cc1ccc(OC(C)(C)C)cc1)C(=O)O. The predicted molar refractivity (Wildman–Crippen MR) is 238 cm³/mol. The van der Waals surface area contributed by atoms with Gasteiger partial charge in [0.05, 0.1) is 0 Å². The Labute approximate surface area is 366 Å². The number of nitrogens with one attached hydrogen (secondary N) is 5. The molecule has 0 saturated heterocycles. The third kappa shape index (κ3) is 18.8. The molecule has 3 rings (SSSR count). The van der Waals surface area contributed by atoms with Crippen LogP contribution in [0.1, 0.15) is 98.8 Å². The lowest BCUT2D eigenvalue weighted by atomic mass is 9.98. The molecule has 6 N–H and O–H groups in total. The molecule has 0 aromatic heterocycles. The maximum absolute atomic E-state index is 14.3. The molecule has 0 fully saturated rings. The normalized spacial score (nSPS) is 14.1. The molecule has 0 aliphatic heterocycles. The highest BCUT2D eigenvalue weighted by Crippen LogP contribution is 2.20. The van der Waals surface area contributed by atoms with Crippen molar-refractivity contribution in [2.24, 2.45) is 11.8 Å². The van der Waals surface area contributed by atoms with Gasteiger partial charge in [0.25, 0.3) is 0 Å². The van der Waals surface area contributed by atoms with Gasteiger partial charge in [-0.2, -0.15) is 0 Å². The van der Waals surface area contributed by atoms with Gasteiger partial charge < -0.3 is 41.2 Å². The lowest BCUT2D eigenvalue weighted by Crippen LogP contribution is -2.60. The number of carbonyl (C=O) groups is 6. The molecule has 5 atom stereocenters. The van der Waals surface area contributed by atoms with E-state index in [0.717, 1.165) is 11.1 Å². The van der Waals surface area contributed by atoms with E-state index in [1.54, 1.807) is 69.3 Å². The molecule has 3 aromatic carbocycles. The Morgan fingerprint density at radius 2 is 0.839 bits per heavy atom. The first-order valence-corrected chi connectivity index (χ1v) is 21.3. The zero-order valence-corrected chi connectivity index (χ0v) is 37.9. The minimum absolute atomic E-state index is 0.0195. The maximum Gasteiger partial charge on any atom is 0.408 e. The number of rotatable bonds is 21. The van der Waals surface area contributed by atoms with Gasteiger partial charge in [-0.05, 0) is 95.0 Å². The van der Waals surface area contributed by atoms with Gasteiger partial charge in [-0.3, -0.25) is 19.2 Å². The molecule has 5 amide bonds. The molecule has 0 aliphatic carbocycles. The fourth-order valence-electron chi connectivity index (χ4n) is 6.55. The van der Waals surface area contributed by atoms with Crippen LogP contribution in [0.3, 0.4) is 0 Å². The van der Waals surface area contributed by atoms with Crippen LogP contribution in [-0.4, -0.2) is 82.2 Å². The lowest BCUT2D eigenvalue weighted by molar-refractivity contribution is -0.142. The fraction of sp³-hybridized carbons (Fsp3) is 0.500. The van der Waals surface area contributed by atoms with Crippen molar-refractivity contribution in [3.63, 3.8) is 0 Å². The first kappa shape index (κ1) is 50.4. The van der Waals surface area contributed by atoms with E-state index in [1.165, 1.54) is 0 Å². The van der Waals surface area contributed by atoms with Gasteiger partial charge in [0.15, 0.2) is 0 Å². The number of benzene rings is 3. The smallest absolute Gasteiger partial charge is 0.408 e. The van der Waals surface area contributed by atoms with Crippen LogP contribution in [0.4, 0.5) is 4.79 Å². The Kier molecular flexibility index (Phi) is 19.0. The summed E-state index contributed by atoms with van der Waals surface area (Å²) in [6.45, 7) is 18.4. The number of carbonyl (C=O) groups excluding carboxylic acids is 5. The molecule has 0 saturated carbocycles. The van der Waals surface area contributed by atoms with Crippen LogP contribution in [0, 0.1) is 11.8 Å². The largest absolute Gasteiger partial charge is 0.488 e. The summed E-state index contributed by atoms with van der Waals surface area (Å²) in [6, 6.07) is 19.2. The molecular formula is C48H67N5O9. The summed E-state index contributed by atoms with van der Waals surface area (Å²) in [5.41, 5.74) is 0.899. The summed E-state index contributed by atoms with van der Waals surface area (Å²) in [6.07, 6.45) is -0.291. The second-order valence-corrected chi connectivity index (χ2v) is 18.5. The van der Waals surface area contributed by atoms with Crippen molar-refractivity contribution in [3.8, 4) is 5.75 Å². The predicted octanol–water partition coefficient (Wildman–Crippen LogP) is 5.90. The lowest BCUT2D eigenvalue weighted by Gasteiger charge is -2.28. The highest BCUT2D eigenvalue weighted by molar-refractivity contribution is 5.96. The van der Waals surface area contributed by atoms with Gasteiger partial charge >= 0.3 is 12.1 Å². The van der Waals surface area contributed by atoms with E-state index in [2.05, 4.69) is 26.6 Å². The number of carboxylic acid groups (broad SMARTS) is 1. The van der Waals surface area contributed by atoms with E-state index in [1.807, 2.05) is 84.9 Å². The third-order valence-corrected chi connectivity index (χ3v) is 9.29. The number of ether oxygens (including phenoxy) is 2. The monoisotopic (exact) mass is 857 g/mol. The highest BCUT2D eigenvalue weighted by Gasteiger charge is 2.34. The molecule has 14 nitrogen and oxygen atoms in total. The summed E-state index contributed by atoms with van der Waals surface area (Å²) < 4.78 is 11.3. The first-order valence-electron chi connectivity index (χ1n) is 21.3. The van der Waals surface area contributed by atoms with Crippen LogP contribution in [0.15, 0.2) is 84.9 Å². The van der Waals surface area contributed by atoms with Crippen LogP contribution in [0.25, 0.3) is 0 Å². The molecule has 14 heteroatoms. The van der Waals surface area contributed by atoms with Crippen LogP contribution in [0.5, 0.6) is 5.75 Å². The Balaban J connectivity index is 1.86. The Morgan fingerprint density at radius 1 is 0.484 bits per heavy atom. The van der Waals surface area contributed by atoms with E-state index in [9.17, 15) is 33.9 Å². The molecule has 0 radical (unpaired) electrons. The van der Waals surface area contributed by atoms with Crippen molar-refractivity contribution in [1.82, 2.24) is 26.6 Å². The van der Waals surface area contributed by atoms with E-state index >= 15 is 0 Å². The fourth-order valence-corrected chi connectivity index (χ4v) is 6.55. The number of carboxylic acids is 1. The zero-order chi connectivity index (χ0) is 46.2. The van der Waals surface area contributed by atoms with Crippen molar-refractivity contribution in [2.75, 3.05) is 0 Å². The van der Waals surface area contributed by atoms with Crippen LogP contribution < -0.4 is 31.3 Å². The molecule has 0 heterocycles. The third-order valence-electron chi connectivity index (χ3n) is 9.29. The average Bonchev–Trinajstić information content (AvgIpc) is 3.16. The van der Waals surface area contributed by atoms with Gasteiger partial charge in [0, 0.05) is 19.3 Å². The molecule has 0 aliphatic rings. The number of aliphatic carboxylic acids is 1. The summed E-state index contributed by atoms with van der Waals surface area (Å²) in [5.74, 6) is -3.42. The second-order valence-electron chi connectivity index (χ2n) is 18.5. The molecule has 0 bridgehead atoms. The van der Waals surface area contributed by atoms with Crippen LogP contribution >= 0.6 is 0 Å². The standard InChI is InChI=1S/C48H67N5O9/c1-30(2)25-36(50-44(57)39(28-33-19-15-12-16-20-33)53-46(60)62-48(8,9)10)41(54)51-38(27-32-17-13-11-14-18-32)43(56)49-37(26-31(3)4)42(55)52-40(45(58)59)29-34-21-23-35(24-22-34)61-47(5,6)7/h11-24,30-31,36-40H,25-29H2,1-10H3,(H,49,56)(H,50,57)(H,51,54)(H,52,55)(H,53,60)(H,58,59)/t36-,37-,38+,39+,40+/m1/s1. The first-order chi connectivity index (χ1) is 29.0. The zero-order valence-electron chi connectivity index (χ0n) is 37.9. The maximum atomic E-state index is 14.3. The number of hydrogen-bond donors (Lipinski definition) is 6. The van der Waals surface area contributed by atoms with E-state index in [4.69, 9.17) is 9.47 Å². The summed E-state index contributed by atoms with van der Waals surface area (Å²) >= 11 is 0. The average molecular weight is 858 g/mol. The Bertz CT molecular complexity index is 1920. The van der Waals surface area contributed by atoms with Gasteiger partial charge in [-0.15, -0.1) is 0 Å². The van der Waals surface area contributed by atoms with Crippen molar-refractivity contribution in [1.29, 1.82) is 0 Å². The number of hydrogen-bond acceptors (Lipinski definition) is 8. The van der Waals surface area contributed by atoms with Crippen LogP contribution in [0.2, 0.25) is 0 Å². The Morgan fingerprint density at radius 3 is 1.23 bits per heavy atom. The molecule has 0 unspecified atom stereocenters. The van der Waals surface area contributed by atoms with Gasteiger partial charge in [-0.1, -0.05) is 100 Å². The molecule has 338 valence electrons. The van der Waals surface area contributed by atoms with Crippen LogP contribution in [-0.2, 0) is 48.0 Å². The second kappa shape index (κ2) is 23.3. The number of alkyl carbamates (subject to hydrolysis) is 1. The van der Waals surface area contributed by atoms with Gasteiger partial charge in [-0.25, -0.2) is 9.59 Å². The van der Waals surface area contributed by atoms with E-state index in [0.29, 0.717) is 11.3 Å². The highest BCUT2D eigenvalue weighted by atomic mass is 16.6.